The van der Waals surface area contributed by atoms with Gasteiger partial charge in [0.15, 0.2) is 5.04 Å². The molecule has 1 atom stereocenters. The van der Waals surface area contributed by atoms with Crippen molar-refractivity contribution in [2.24, 2.45) is 0 Å². The fourth-order valence-corrected chi connectivity index (χ4v) is 1.20. The first kappa shape index (κ1) is 11.2. The number of nitrogens with one attached hydrogen (secondary N) is 1. The number of hydrogen-bond acceptors (Lipinski definition) is 4. The van der Waals surface area contributed by atoms with Crippen molar-refractivity contribution < 1.29 is 14.6 Å². The quantitative estimate of drug-likeness (QED) is 0.303. The van der Waals surface area contributed by atoms with Crippen molar-refractivity contribution in [1.82, 2.24) is 0 Å². The van der Waals surface area contributed by atoms with E-state index < -0.39 is 11.0 Å². The van der Waals surface area contributed by atoms with Crippen LogP contribution < -0.4 is 0 Å². The Hall–Kier alpha value is -0.810. The number of aliphatic carboxylic acids is 1. The molecule has 4 nitrogen and oxygen atoms in total. The second-order valence-corrected chi connectivity index (χ2v) is 3.11. The van der Waals surface area contributed by atoms with Gasteiger partial charge < -0.3 is 9.84 Å². The summed E-state index contributed by atoms with van der Waals surface area (Å²) in [5.74, 6) is -1.23. The van der Waals surface area contributed by atoms with E-state index in [9.17, 15) is 4.79 Å². The van der Waals surface area contributed by atoms with Crippen LogP contribution in [0, 0.1) is 5.41 Å². The Morgan fingerprint density at radius 1 is 1.92 bits per heavy atom. The van der Waals surface area contributed by atoms with E-state index in [2.05, 4.69) is 6.58 Å². The van der Waals surface area contributed by atoms with Gasteiger partial charge in [-0.25, -0.2) is 4.79 Å². The van der Waals surface area contributed by atoms with E-state index in [0.29, 0.717) is 6.42 Å². The SMILES string of the molecule is C=CCC(OC)SC(=N)C(=O)O. The van der Waals surface area contributed by atoms with Crippen molar-refractivity contribution in [2.45, 2.75) is 11.9 Å². The third kappa shape index (κ3) is 4.15. The lowest BCUT2D eigenvalue weighted by molar-refractivity contribution is -0.129. The molecule has 0 radical (unpaired) electrons. The summed E-state index contributed by atoms with van der Waals surface area (Å²) in [6, 6.07) is 0. The van der Waals surface area contributed by atoms with E-state index in [1.54, 1.807) is 6.08 Å². The van der Waals surface area contributed by atoms with Crippen LogP contribution >= 0.6 is 11.8 Å². The van der Waals surface area contributed by atoms with Gasteiger partial charge in [-0.3, -0.25) is 5.41 Å². The number of hydrogen-bond donors (Lipinski definition) is 2. The van der Waals surface area contributed by atoms with Gasteiger partial charge >= 0.3 is 5.97 Å². The predicted molar refractivity (Wildman–Crippen MR) is 48.6 cm³/mol. The molecule has 0 fully saturated rings. The van der Waals surface area contributed by atoms with E-state index >= 15 is 0 Å². The molecule has 0 aliphatic carbocycles. The molecule has 5 heteroatoms. The van der Waals surface area contributed by atoms with Crippen molar-refractivity contribution in [3.8, 4) is 0 Å². The van der Waals surface area contributed by atoms with Crippen LogP contribution in [0.25, 0.3) is 0 Å². The molecule has 0 aromatic rings. The maximum atomic E-state index is 10.2. The minimum atomic E-state index is -1.23. The molecule has 68 valence electrons. The summed E-state index contributed by atoms with van der Waals surface area (Å²) in [6.45, 7) is 3.49. The summed E-state index contributed by atoms with van der Waals surface area (Å²) >= 11 is 0.868. The zero-order valence-corrected chi connectivity index (χ0v) is 7.56. The lowest BCUT2D eigenvalue weighted by Crippen LogP contribution is -2.14. The van der Waals surface area contributed by atoms with Crippen LogP contribution in [0.1, 0.15) is 6.42 Å². The number of rotatable bonds is 4. The molecular weight excluding hydrogens is 178 g/mol. The van der Waals surface area contributed by atoms with E-state index in [4.69, 9.17) is 15.3 Å². The van der Waals surface area contributed by atoms with E-state index in [1.165, 1.54) is 7.11 Å². The number of ether oxygens (including phenoxy) is 1. The maximum Gasteiger partial charge on any atom is 0.360 e. The number of carbonyl (C=O) groups is 1. The Labute approximate surface area is 75.1 Å². The van der Waals surface area contributed by atoms with Crippen LogP contribution in [0.15, 0.2) is 12.7 Å². The Morgan fingerprint density at radius 3 is 2.83 bits per heavy atom. The molecule has 0 rings (SSSR count). The highest BCUT2D eigenvalue weighted by atomic mass is 32.2. The van der Waals surface area contributed by atoms with Crippen molar-refractivity contribution in [1.29, 1.82) is 5.41 Å². The summed E-state index contributed by atoms with van der Waals surface area (Å²) in [6.07, 6.45) is 2.15. The summed E-state index contributed by atoms with van der Waals surface area (Å²) in [4.78, 5) is 10.2. The van der Waals surface area contributed by atoms with Crippen molar-refractivity contribution in [3.05, 3.63) is 12.7 Å². The molecule has 0 aliphatic rings. The van der Waals surface area contributed by atoms with Gasteiger partial charge in [0.05, 0.1) is 0 Å². The number of thioether (sulfide) groups is 1. The van der Waals surface area contributed by atoms with Gasteiger partial charge in [-0.1, -0.05) is 17.8 Å². The molecule has 0 heterocycles. The Balaban J connectivity index is 3.93. The van der Waals surface area contributed by atoms with Crippen molar-refractivity contribution in [3.63, 3.8) is 0 Å². The molecule has 0 saturated heterocycles. The second-order valence-electron chi connectivity index (χ2n) is 1.94. The maximum absolute atomic E-state index is 10.2. The molecule has 0 saturated carbocycles. The fraction of sp³-hybridized carbons (Fsp3) is 0.429. The smallest absolute Gasteiger partial charge is 0.360 e. The lowest BCUT2D eigenvalue weighted by atomic mass is 10.4. The monoisotopic (exact) mass is 189 g/mol. The Kier molecular flexibility index (Phi) is 5.40. The average molecular weight is 189 g/mol. The first-order chi connectivity index (χ1) is 5.61. The zero-order chi connectivity index (χ0) is 9.56. The Morgan fingerprint density at radius 2 is 2.50 bits per heavy atom. The molecule has 0 aliphatic heterocycles. The third-order valence-corrected chi connectivity index (χ3v) is 2.12. The summed E-state index contributed by atoms with van der Waals surface area (Å²) in [5.41, 5.74) is -0.328. The van der Waals surface area contributed by atoms with Gasteiger partial charge in [0.2, 0.25) is 0 Å². The molecule has 0 aromatic carbocycles. The molecule has 0 amide bonds. The number of carboxylic acid groups (broad SMARTS) is 1. The standard InChI is InChI=1S/C7H11NO3S/c1-3-4-5(11-2)12-6(8)7(9)10/h3,5,8H,1,4H2,2H3,(H,9,10). The molecule has 0 spiro atoms. The van der Waals surface area contributed by atoms with Crippen LogP contribution in [0.4, 0.5) is 0 Å². The molecule has 12 heavy (non-hydrogen) atoms. The normalized spacial score (nSPS) is 12.1. The highest BCUT2D eigenvalue weighted by Crippen LogP contribution is 2.16. The number of methoxy groups -OCH3 is 1. The lowest BCUT2D eigenvalue weighted by Gasteiger charge is -2.10. The fourth-order valence-electron chi connectivity index (χ4n) is 0.510. The molecule has 0 bridgehead atoms. The van der Waals surface area contributed by atoms with Gasteiger partial charge in [-0.2, -0.15) is 0 Å². The van der Waals surface area contributed by atoms with Crippen LogP contribution in [0.5, 0.6) is 0 Å². The Bertz CT molecular complexity index is 193. The average Bonchev–Trinajstić information content (AvgIpc) is 2.03. The highest BCUT2D eigenvalue weighted by molar-refractivity contribution is 8.15. The van der Waals surface area contributed by atoms with E-state index in [1.807, 2.05) is 0 Å². The van der Waals surface area contributed by atoms with E-state index in [0.717, 1.165) is 11.8 Å². The largest absolute Gasteiger partial charge is 0.476 e. The molecule has 2 N–H and O–H groups in total. The minimum absolute atomic E-state index is 0.328. The van der Waals surface area contributed by atoms with Crippen molar-refractivity contribution >= 4 is 22.8 Å². The van der Waals surface area contributed by atoms with Crippen LogP contribution in [-0.2, 0) is 9.53 Å². The minimum Gasteiger partial charge on any atom is -0.476 e. The molecule has 0 aromatic heterocycles. The second kappa shape index (κ2) is 5.79. The topological polar surface area (TPSA) is 70.4 Å². The van der Waals surface area contributed by atoms with E-state index in [-0.39, 0.29) is 5.44 Å². The first-order valence-electron chi connectivity index (χ1n) is 3.24. The van der Waals surface area contributed by atoms with Gasteiger partial charge in [-0.05, 0) is 0 Å². The van der Waals surface area contributed by atoms with Gasteiger partial charge in [0, 0.05) is 13.5 Å². The highest BCUT2D eigenvalue weighted by Gasteiger charge is 2.14. The zero-order valence-electron chi connectivity index (χ0n) is 6.74. The first-order valence-corrected chi connectivity index (χ1v) is 4.12. The summed E-state index contributed by atoms with van der Waals surface area (Å²) in [5, 5.41) is 15.0. The number of carboxylic acids is 1. The predicted octanol–water partition coefficient (Wildman–Crippen LogP) is 1.33. The summed E-state index contributed by atoms with van der Waals surface area (Å²) in [7, 11) is 1.47. The van der Waals surface area contributed by atoms with Crippen LogP contribution in [-0.4, -0.2) is 28.7 Å². The summed E-state index contributed by atoms with van der Waals surface area (Å²) < 4.78 is 4.90. The molecular formula is C7H11NO3S. The molecule has 1 unspecified atom stereocenters. The van der Waals surface area contributed by atoms with Crippen molar-refractivity contribution in [2.75, 3.05) is 7.11 Å². The van der Waals surface area contributed by atoms with Gasteiger partial charge in [-0.15, -0.1) is 6.58 Å². The third-order valence-electron chi connectivity index (χ3n) is 1.07. The van der Waals surface area contributed by atoms with Crippen LogP contribution in [0.2, 0.25) is 0 Å². The van der Waals surface area contributed by atoms with Gasteiger partial charge in [0.1, 0.15) is 5.44 Å². The van der Waals surface area contributed by atoms with Crippen LogP contribution in [0.3, 0.4) is 0 Å². The van der Waals surface area contributed by atoms with Gasteiger partial charge in [0.25, 0.3) is 0 Å².